The minimum Gasteiger partial charge on any atom is -0.316 e. The van der Waals surface area contributed by atoms with Gasteiger partial charge in [0.1, 0.15) is 5.65 Å². The van der Waals surface area contributed by atoms with Gasteiger partial charge in [0.25, 0.3) is 5.56 Å². The molecule has 19 heavy (non-hydrogen) atoms. The van der Waals surface area contributed by atoms with Crippen molar-refractivity contribution in [3.05, 3.63) is 46.3 Å². The molecule has 5 heteroatoms. The van der Waals surface area contributed by atoms with Crippen molar-refractivity contribution in [3.8, 4) is 0 Å². The number of halogens is 1. The molecule has 1 aliphatic rings. The average molecular weight is 261 g/mol. The van der Waals surface area contributed by atoms with E-state index in [0.29, 0.717) is 11.6 Å². The molecular formula is C14H16FN3O. The second-order valence-electron chi connectivity index (χ2n) is 5.04. The third-order valence-electron chi connectivity index (χ3n) is 3.59. The van der Waals surface area contributed by atoms with Gasteiger partial charge in [0.15, 0.2) is 0 Å². The number of pyridine rings is 1. The third kappa shape index (κ3) is 2.51. The highest BCUT2D eigenvalue weighted by Crippen LogP contribution is 2.15. The highest BCUT2D eigenvalue weighted by Gasteiger charge is 2.15. The molecule has 0 bridgehead atoms. The lowest BCUT2D eigenvalue weighted by Crippen LogP contribution is -2.31. The summed E-state index contributed by atoms with van der Waals surface area (Å²) in [7, 11) is 0. The summed E-state index contributed by atoms with van der Waals surface area (Å²) in [4.78, 5) is 16.3. The third-order valence-corrected chi connectivity index (χ3v) is 3.59. The van der Waals surface area contributed by atoms with Crippen LogP contribution in [0.2, 0.25) is 0 Å². The lowest BCUT2D eigenvalue weighted by Gasteiger charge is -2.22. The second-order valence-corrected chi connectivity index (χ2v) is 5.04. The van der Waals surface area contributed by atoms with Crippen LogP contribution in [0.3, 0.4) is 0 Å². The van der Waals surface area contributed by atoms with E-state index in [1.165, 1.54) is 12.1 Å². The van der Waals surface area contributed by atoms with Gasteiger partial charge >= 0.3 is 0 Å². The first-order valence-electron chi connectivity index (χ1n) is 6.62. The molecule has 3 rings (SSSR count). The first-order chi connectivity index (χ1) is 9.24. The smallest absolute Gasteiger partial charge is 0.260 e. The Morgan fingerprint density at radius 3 is 3.16 bits per heavy atom. The van der Waals surface area contributed by atoms with Crippen LogP contribution in [0, 0.1) is 11.9 Å². The molecule has 100 valence electrons. The lowest BCUT2D eigenvalue weighted by molar-refractivity contribution is 0.373. The molecule has 0 aromatic carbocycles. The Balaban J connectivity index is 1.94. The number of hydrogen-bond donors (Lipinski definition) is 1. The van der Waals surface area contributed by atoms with Crippen LogP contribution in [0.25, 0.3) is 5.65 Å². The number of rotatable bonds is 2. The van der Waals surface area contributed by atoms with Gasteiger partial charge in [-0.25, -0.2) is 9.38 Å². The van der Waals surface area contributed by atoms with Gasteiger partial charge in [-0.3, -0.25) is 4.79 Å². The molecule has 1 atom stereocenters. The average Bonchev–Trinajstić information content (AvgIpc) is 2.39. The molecule has 0 amide bonds. The minimum absolute atomic E-state index is 0.345. The topological polar surface area (TPSA) is 46.4 Å². The van der Waals surface area contributed by atoms with Gasteiger partial charge < -0.3 is 5.32 Å². The van der Waals surface area contributed by atoms with Crippen molar-refractivity contribution >= 4 is 5.65 Å². The van der Waals surface area contributed by atoms with E-state index in [1.54, 1.807) is 12.1 Å². The van der Waals surface area contributed by atoms with Crippen LogP contribution in [-0.4, -0.2) is 22.5 Å². The lowest BCUT2D eigenvalue weighted by atomic mass is 9.94. The van der Waals surface area contributed by atoms with E-state index in [4.69, 9.17) is 0 Å². The number of nitrogens with zero attached hydrogens (tertiary/aromatic N) is 2. The molecule has 1 N–H and O–H groups in total. The zero-order valence-electron chi connectivity index (χ0n) is 10.6. The van der Waals surface area contributed by atoms with Gasteiger partial charge in [0.05, 0.1) is 0 Å². The van der Waals surface area contributed by atoms with Crippen molar-refractivity contribution in [1.82, 2.24) is 14.7 Å². The van der Waals surface area contributed by atoms with Crippen LogP contribution in [-0.2, 0) is 6.42 Å². The Labute approximate surface area is 110 Å². The Kier molecular flexibility index (Phi) is 3.29. The molecule has 0 saturated carbocycles. The number of hydrogen-bond acceptors (Lipinski definition) is 3. The van der Waals surface area contributed by atoms with Crippen molar-refractivity contribution in [3.63, 3.8) is 0 Å². The molecule has 0 spiro atoms. The molecule has 1 saturated heterocycles. The summed E-state index contributed by atoms with van der Waals surface area (Å²) >= 11 is 0. The zero-order valence-corrected chi connectivity index (χ0v) is 10.6. The first-order valence-corrected chi connectivity index (χ1v) is 6.62. The van der Waals surface area contributed by atoms with E-state index in [1.807, 2.05) is 0 Å². The fraction of sp³-hybridized carbons (Fsp3) is 0.429. The molecule has 1 aliphatic heterocycles. The summed E-state index contributed by atoms with van der Waals surface area (Å²) in [5.74, 6) is -0.0578. The molecule has 1 unspecified atom stereocenters. The van der Waals surface area contributed by atoms with Gasteiger partial charge in [-0.1, -0.05) is 6.07 Å². The van der Waals surface area contributed by atoms with Crippen LogP contribution in [0.1, 0.15) is 18.5 Å². The fourth-order valence-corrected chi connectivity index (χ4v) is 2.66. The molecular weight excluding hydrogens is 245 g/mol. The molecule has 4 nitrogen and oxygen atoms in total. The van der Waals surface area contributed by atoms with E-state index in [2.05, 4.69) is 10.3 Å². The summed E-state index contributed by atoms with van der Waals surface area (Å²) in [6.45, 7) is 2.03. The quantitative estimate of drug-likeness (QED) is 0.831. The van der Waals surface area contributed by atoms with Crippen LogP contribution >= 0.6 is 0 Å². The summed E-state index contributed by atoms with van der Waals surface area (Å²) in [5, 5.41) is 3.34. The predicted molar refractivity (Wildman–Crippen MR) is 70.7 cm³/mol. The second kappa shape index (κ2) is 5.09. The largest absolute Gasteiger partial charge is 0.316 e. The molecule has 2 aromatic rings. The highest BCUT2D eigenvalue weighted by molar-refractivity contribution is 5.38. The number of nitrogens with one attached hydrogen (secondary N) is 1. The molecule has 1 fully saturated rings. The Bertz CT molecular complexity index is 647. The zero-order chi connectivity index (χ0) is 13.2. The number of piperidine rings is 1. The highest BCUT2D eigenvalue weighted by atomic mass is 19.1. The first kappa shape index (κ1) is 12.3. The maximum atomic E-state index is 13.6. The Morgan fingerprint density at radius 2 is 2.37 bits per heavy atom. The van der Waals surface area contributed by atoms with Gasteiger partial charge in [0, 0.05) is 11.8 Å². The van der Waals surface area contributed by atoms with Gasteiger partial charge in [-0.05, 0) is 50.4 Å². The van der Waals surface area contributed by atoms with Crippen LogP contribution in [0.4, 0.5) is 4.39 Å². The van der Waals surface area contributed by atoms with E-state index >= 15 is 0 Å². The van der Waals surface area contributed by atoms with E-state index in [-0.39, 0.29) is 5.56 Å². The Morgan fingerprint density at radius 1 is 1.47 bits per heavy atom. The fourth-order valence-electron chi connectivity index (χ4n) is 2.66. The van der Waals surface area contributed by atoms with Crippen molar-refractivity contribution in [1.29, 1.82) is 0 Å². The standard InChI is InChI=1S/C14H16FN3O/c15-12-4-1-5-13-17-11(8-14(19)18(12)13)7-10-3-2-6-16-9-10/h1,4-5,8,10,16H,2-3,6-7,9H2. The molecule has 2 aromatic heterocycles. The van der Waals surface area contributed by atoms with Crippen LogP contribution in [0.15, 0.2) is 29.1 Å². The number of aromatic nitrogens is 2. The molecule has 0 aliphatic carbocycles. The molecule has 0 radical (unpaired) electrons. The minimum atomic E-state index is -0.569. The van der Waals surface area contributed by atoms with E-state index in [9.17, 15) is 9.18 Å². The molecule has 3 heterocycles. The summed E-state index contributed by atoms with van der Waals surface area (Å²) in [5.41, 5.74) is 0.789. The van der Waals surface area contributed by atoms with Gasteiger partial charge in [0.2, 0.25) is 5.95 Å². The normalized spacial score (nSPS) is 19.7. The predicted octanol–water partition coefficient (Wildman–Crippen LogP) is 1.38. The number of fused-ring (bicyclic) bond motifs is 1. The van der Waals surface area contributed by atoms with Crippen molar-refractivity contribution < 1.29 is 4.39 Å². The SMILES string of the molecule is O=c1cc(CC2CCCNC2)nc2cccc(F)n12. The summed E-state index contributed by atoms with van der Waals surface area (Å²) in [6.07, 6.45) is 3.08. The maximum absolute atomic E-state index is 13.6. The summed E-state index contributed by atoms with van der Waals surface area (Å²) in [6, 6.07) is 5.95. The van der Waals surface area contributed by atoms with Gasteiger partial charge in [-0.2, -0.15) is 4.39 Å². The van der Waals surface area contributed by atoms with Crippen molar-refractivity contribution in [2.24, 2.45) is 5.92 Å². The van der Waals surface area contributed by atoms with E-state index < -0.39 is 5.95 Å². The van der Waals surface area contributed by atoms with E-state index in [0.717, 1.165) is 42.4 Å². The monoisotopic (exact) mass is 261 g/mol. The van der Waals surface area contributed by atoms with Crippen molar-refractivity contribution in [2.45, 2.75) is 19.3 Å². The van der Waals surface area contributed by atoms with Crippen LogP contribution in [0.5, 0.6) is 0 Å². The maximum Gasteiger partial charge on any atom is 0.260 e. The van der Waals surface area contributed by atoms with Crippen LogP contribution < -0.4 is 10.9 Å². The van der Waals surface area contributed by atoms with Gasteiger partial charge in [-0.15, -0.1) is 0 Å². The summed E-state index contributed by atoms with van der Waals surface area (Å²) < 4.78 is 14.6. The van der Waals surface area contributed by atoms with Crippen molar-refractivity contribution in [2.75, 3.05) is 13.1 Å². The Hall–Kier alpha value is -1.75.